The van der Waals surface area contributed by atoms with Gasteiger partial charge in [-0.25, -0.2) is 0 Å². The van der Waals surface area contributed by atoms with Gasteiger partial charge in [-0.15, -0.1) is 10.1 Å². The molecule has 2 rings (SSSR count). The van der Waals surface area contributed by atoms with Crippen LogP contribution in [0.3, 0.4) is 0 Å². The fraction of sp³-hybridized carbons (Fsp3) is 0.286. The van der Waals surface area contributed by atoms with Crippen LogP contribution < -0.4 is 0 Å². The maximum atomic E-state index is 10.1. The van der Waals surface area contributed by atoms with Crippen LogP contribution in [0, 0.1) is 10.1 Å². The smallest absolute Gasteiger partial charge is 0.294 e. The van der Waals surface area contributed by atoms with E-state index in [2.05, 4.69) is 4.84 Å². The van der Waals surface area contributed by atoms with Crippen LogP contribution in [0.5, 0.6) is 0 Å². The monoisotopic (exact) mass is 261 g/mol. The molecule has 100 valence electrons. The van der Waals surface area contributed by atoms with Crippen molar-refractivity contribution in [1.29, 1.82) is 0 Å². The van der Waals surface area contributed by atoms with Gasteiger partial charge in [0.05, 0.1) is 12.7 Å². The summed E-state index contributed by atoms with van der Waals surface area (Å²) in [5, 5.41) is 11.6. The van der Waals surface area contributed by atoms with Gasteiger partial charge in [0.1, 0.15) is 0 Å². The molecule has 2 aromatic rings. The van der Waals surface area contributed by atoms with Crippen LogP contribution in [-0.4, -0.2) is 18.8 Å². The summed E-state index contributed by atoms with van der Waals surface area (Å²) < 4.78 is 5.36. The topological polar surface area (TPSA) is 61.6 Å². The van der Waals surface area contributed by atoms with Gasteiger partial charge in [0.25, 0.3) is 5.09 Å². The SMILES string of the molecule is COC(CCO[N+](=O)[O-])c1ccc2ccccc2c1. The molecule has 19 heavy (non-hydrogen) atoms. The van der Waals surface area contributed by atoms with Crippen molar-refractivity contribution in [3.8, 4) is 0 Å². The molecule has 0 bridgehead atoms. The Hall–Kier alpha value is -2.14. The fourth-order valence-electron chi connectivity index (χ4n) is 2.06. The Balaban J connectivity index is 2.13. The molecule has 0 aliphatic rings. The van der Waals surface area contributed by atoms with Crippen LogP contribution in [0.2, 0.25) is 0 Å². The lowest BCUT2D eigenvalue weighted by atomic mass is 10.0. The molecular formula is C14H15NO4. The van der Waals surface area contributed by atoms with Crippen LogP contribution in [0.15, 0.2) is 42.5 Å². The summed E-state index contributed by atoms with van der Waals surface area (Å²) >= 11 is 0. The van der Waals surface area contributed by atoms with Crippen molar-refractivity contribution in [2.24, 2.45) is 0 Å². The van der Waals surface area contributed by atoms with E-state index in [-0.39, 0.29) is 12.7 Å². The van der Waals surface area contributed by atoms with Crippen LogP contribution >= 0.6 is 0 Å². The van der Waals surface area contributed by atoms with Gasteiger partial charge in [0.15, 0.2) is 0 Å². The van der Waals surface area contributed by atoms with Crippen LogP contribution in [-0.2, 0) is 9.57 Å². The van der Waals surface area contributed by atoms with Crippen molar-refractivity contribution in [2.75, 3.05) is 13.7 Å². The van der Waals surface area contributed by atoms with Crippen molar-refractivity contribution in [3.63, 3.8) is 0 Å². The van der Waals surface area contributed by atoms with Gasteiger partial charge in [-0.1, -0.05) is 36.4 Å². The summed E-state index contributed by atoms with van der Waals surface area (Å²) in [7, 11) is 1.59. The second-order valence-corrected chi connectivity index (χ2v) is 4.18. The lowest BCUT2D eigenvalue weighted by Crippen LogP contribution is -2.09. The molecule has 0 aliphatic heterocycles. The highest BCUT2D eigenvalue weighted by Crippen LogP contribution is 2.24. The third-order valence-electron chi connectivity index (χ3n) is 3.01. The van der Waals surface area contributed by atoms with Gasteiger partial charge >= 0.3 is 0 Å². The number of fused-ring (bicyclic) bond motifs is 1. The third kappa shape index (κ3) is 3.42. The predicted molar refractivity (Wildman–Crippen MR) is 71.3 cm³/mol. The first-order valence-electron chi connectivity index (χ1n) is 5.99. The maximum Gasteiger partial charge on any atom is 0.294 e. The van der Waals surface area contributed by atoms with Gasteiger partial charge in [0, 0.05) is 13.5 Å². The van der Waals surface area contributed by atoms with Gasteiger partial charge in [-0.2, -0.15) is 0 Å². The molecule has 0 aromatic heterocycles. The van der Waals surface area contributed by atoms with E-state index in [1.165, 1.54) is 0 Å². The lowest BCUT2D eigenvalue weighted by molar-refractivity contribution is -0.758. The molecule has 1 unspecified atom stereocenters. The van der Waals surface area contributed by atoms with Gasteiger partial charge < -0.3 is 9.57 Å². The molecule has 0 spiro atoms. The fourth-order valence-corrected chi connectivity index (χ4v) is 2.06. The average molecular weight is 261 g/mol. The predicted octanol–water partition coefficient (Wildman–Crippen LogP) is 3.13. The van der Waals surface area contributed by atoms with Gasteiger partial charge in [0.2, 0.25) is 0 Å². The van der Waals surface area contributed by atoms with E-state index in [9.17, 15) is 10.1 Å². The average Bonchev–Trinajstić information content (AvgIpc) is 2.43. The summed E-state index contributed by atoms with van der Waals surface area (Å²) in [5.74, 6) is 0. The number of nitrogens with zero attached hydrogens (tertiary/aromatic N) is 1. The Bertz CT molecular complexity index is 570. The van der Waals surface area contributed by atoms with Crippen molar-refractivity contribution >= 4 is 10.8 Å². The van der Waals surface area contributed by atoms with Crippen molar-refractivity contribution in [2.45, 2.75) is 12.5 Å². The first-order chi connectivity index (χ1) is 9.20. The minimum absolute atomic E-state index is 0.0261. The summed E-state index contributed by atoms with van der Waals surface area (Å²) in [4.78, 5) is 14.4. The van der Waals surface area contributed by atoms with E-state index in [1.54, 1.807) is 7.11 Å². The highest BCUT2D eigenvalue weighted by molar-refractivity contribution is 5.83. The largest absolute Gasteiger partial charge is 0.377 e. The first kappa shape index (κ1) is 13.3. The molecule has 0 N–H and O–H groups in total. The standard InChI is InChI=1S/C14H15NO4/c1-18-14(8-9-19-15(16)17)13-7-6-11-4-2-3-5-12(11)10-13/h2-7,10,14H,8-9H2,1H3. The third-order valence-corrected chi connectivity index (χ3v) is 3.01. The Morgan fingerprint density at radius 3 is 2.63 bits per heavy atom. The van der Waals surface area contributed by atoms with E-state index < -0.39 is 5.09 Å². The Morgan fingerprint density at radius 2 is 1.95 bits per heavy atom. The number of ether oxygens (including phenoxy) is 1. The summed E-state index contributed by atoms with van der Waals surface area (Å²) in [6, 6.07) is 14.1. The molecule has 0 saturated heterocycles. The lowest BCUT2D eigenvalue weighted by Gasteiger charge is -2.15. The molecule has 0 aliphatic carbocycles. The van der Waals surface area contributed by atoms with E-state index in [1.807, 2.05) is 42.5 Å². The highest BCUT2D eigenvalue weighted by Gasteiger charge is 2.11. The molecule has 5 nitrogen and oxygen atoms in total. The van der Waals surface area contributed by atoms with E-state index >= 15 is 0 Å². The van der Waals surface area contributed by atoms with Crippen LogP contribution in [0.4, 0.5) is 0 Å². The minimum Gasteiger partial charge on any atom is -0.377 e. The highest BCUT2D eigenvalue weighted by atomic mass is 16.9. The molecule has 0 heterocycles. The van der Waals surface area contributed by atoms with Crippen molar-refractivity contribution < 1.29 is 14.7 Å². The zero-order valence-electron chi connectivity index (χ0n) is 10.6. The number of hydrogen-bond donors (Lipinski definition) is 0. The molecule has 0 radical (unpaired) electrons. The van der Waals surface area contributed by atoms with Crippen molar-refractivity contribution in [1.82, 2.24) is 0 Å². The molecule has 0 amide bonds. The van der Waals surface area contributed by atoms with Gasteiger partial charge in [-0.3, -0.25) is 0 Å². The maximum absolute atomic E-state index is 10.1. The summed E-state index contributed by atoms with van der Waals surface area (Å²) in [6.45, 7) is 0.0261. The molecule has 1 atom stereocenters. The van der Waals surface area contributed by atoms with E-state index in [4.69, 9.17) is 4.74 Å². The number of rotatable bonds is 6. The normalized spacial score (nSPS) is 12.3. The number of benzene rings is 2. The Labute approximate surface area is 110 Å². The number of hydrogen-bond acceptors (Lipinski definition) is 4. The van der Waals surface area contributed by atoms with Crippen molar-refractivity contribution in [3.05, 3.63) is 58.1 Å². The molecular weight excluding hydrogens is 246 g/mol. The summed E-state index contributed by atoms with van der Waals surface area (Å²) in [6.07, 6.45) is 0.236. The number of methoxy groups -OCH3 is 1. The second-order valence-electron chi connectivity index (χ2n) is 4.18. The zero-order chi connectivity index (χ0) is 13.7. The Morgan fingerprint density at radius 1 is 1.21 bits per heavy atom. The second kappa shape index (κ2) is 6.15. The summed E-state index contributed by atoms with van der Waals surface area (Å²) in [5.41, 5.74) is 0.994. The molecule has 0 saturated carbocycles. The zero-order valence-corrected chi connectivity index (χ0v) is 10.6. The molecule has 2 aromatic carbocycles. The van der Waals surface area contributed by atoms with Gasteiger partial charge in [-0.05, 0) is 22.4 Å². The van der Waals surface area contributed by atoms with E-state index in [0.29, 0.717) is 6.42 Å². The first-order valence-corrected chi connectivity index (χ1v) is 5.99. The van der Waals surface area contributed by atoms with Crippen LogP contribution in [0.25, 0.3) is 10.8 Å². The quantitative estimate of drug-likeness (QED) is 0.592. The molecule has 5 heteroatoms. The van der Waals surface area contributed by atoms with Crippen LogP contribution in [0.1, 0.15) is 18.1 Å². The Kier molecular flexibility index (Phi) is 4.30. The molecule has 0 fully saturated rings. The van der Waals surface area contributed by atoms with E-state index in [0.717, 1.165) is 16.3 Å². The minimum atomic E-state index is -0.785.